The summed E-state index contributed by atoms with van der Waals surface area (Å²) < 4.78 is 12.3. The van der Waals surface area contributed by atoms with Crippen LogP contribution in [0, 0.1) is 0 Å². The van der Waals surface area contributed by atoms with E-state index in [1.807, 2.05) is 60.7 Å². The van der Waals surface area contributed by atoms with Crippen molar-refractivity contribution in [1.82, 2.24) is 14.8 Å². The number of hydrogen-bond acceptors (Lipinski definition) is 7. The molecule has 2 aromatic heterocycles. The van der Waals surface area contributed by atoms with Crippen molar-refractivity contribution in [2.75, 3.05) is 5.32 Å². The van der Waals surface area contributed by atoms with E-state index in [-0.39, 0.29) is 23.9 Å². The van der Waals surface area contributed by atoms with Gasteiger partial charge in [-0.2, -0.15) is 0 Å². The van der Waals surface area contributed by atoms with Gasteiger partial charge in [-0.15, -0.1) is 5.10 Å². The van der Waals surface area contributed by atoms with Gasteiger partial charge in [-0.25, -0.2) is 19.3 Å². The summed E-state index contributed by atoms with van der Waals surface area (Å²) in [6.07, 6.45) is 0. The number of carbonyl (C=O) groups is 2. The summed E-state index contributed by atoms with van der Waals surface area (Å²) in [7, 11) is 0. The van der Waals surface area contributed by atoms with Crippen LogP contribution in [0.5, 0.6) is 0 Å². The highest BCUT2D eigenvalue weighted by molar-refractivity contribution is 5.92. The lowest BCUT2D eigenvalue weighted by Gasteiger charge is -2.08. The highest BCUT2D eigenvalue weighted by Gasteiger charge is 2.20. The van der Waals surface area contributed by atoms with Gasteiger partial charge in [-0.3, -0.25) is 4.79 Å². The first-order valence-electron chi connectivity index (χ1n) is 11.1. The highest BCUT2D eigenvalue weighted by Crippen LogP contribution is 2.24. The van der Waals surface area contributed by atoms with Crippen LogP contribution in [0.15, 0.2) is 94.1 Å². The molecular weight excluding hydrogens is 460 g/mol. The van der Waals surface area contributed by atoms with Gasteiger partial charge < -0.3 is 14.5 Å². The van der Waals surface area contributed by atoms with E-state index in [0.717, 1.165) is 11.3 Å². The number of rotatable bonds is 6. The summed E-state index contributed by atoms with van der Waals surface area (Å²) in [5.41, 5.74) is 2.12. The van der Waals surface area contributed by atoms with Crippen molar-refractivity contribution in [2.45, 2.75) is 13.5 Å². The molecule has 0 aliphatic rings. The predicted molar refractivity (Wildman–Crippen MR) is 133 cm³/mol. The Balaban J connectivity index is 1.44. The maximum Gasteiger partial charge on any atom is 0.378 e. The van der Waals surface area contributed by atoms with E-state index in [1.165, 1.54) is 13.0 Å². The van der Waals surface area contributed by atoms with Crippen LogP contribution in [0.25, 0.3) is 28.0 Å². The van der Waals surface area contributed by atoms with Gasteiger partial charge in [-0.1, -0.05) is 48.5 Å². The van der Waals surface area contributed by atoms with Gasteiger partial charge in [0.25, 0.3) is 5.82 Å². The van der Waals surface area contributed by atoms with Crippen molar-refractivity contribution in [3.8, 4) is 17.1 Å². The molecule has 0 saturated carbocycles. The summed E-state index contributed by atoms with van der Waals surface area (Å²) >= 11 is 0. The van der Waals surface area contributed by atoms with Crippen LogP contribution >= 0.6 is 0 Å². The van der Waals surface area contributed by atoms with Gasteiger partial charge in [-0.05, 0) is 24.3 Å². The molecule has 9 nitrogen and oxygen atoms in total. The molecule has 0 saturated heterocycles. The third-order valence-electron chi connectivity index (χ3n) is 5.33. The fourth-order valence-corrected chi connectivity index (χ4v) is 3.76. The van der Waals surface area contributed by atoms with Gasteiger partial charge in [0.05, 0.1) is 5.69 Å². The Morgan fingerprint density at radius 2 is 1.69 bits per heavy atom. The molecule has 36 heavy (non-hydrogen) atoms. The van der Waals surface area contributed by atoms with E-state index in [0.29, 0.717) is 22.5 Å². The van der Waals surface area contributed by atoms with Crippen molar-refractivity contribution in [2.24, 2.45) is 0 Å². The lowest BCUT2D eigenvalue weighted by Crippen LogP contribution is -2.10. The topological polar surface area (TPSA) is 116 Å². The van der Waals surface area contributed by atoms with E-state index in [9.17, 15) is 14.4 Å². The van der Waals surface area contributed by atoms with Crippen LogP contribution in [-0.2, 0) is 16.1 Å². The normalized spacial score (nSPS) is 10.8. The number of anilines is 1. The molecule has 0 radical (unpaired) electrons. The second-order valence-electron chi connectivity index (χ2n) is 7.93. The van der Waals surface area contributed by atoms with Crippen molar-refractivity contribution in [1.29, 1.82) is 0 Å². The Morgan fingerprint density at radius 3 is 2.42 bits per heavy atom. The predicted octanol–water partition coefficient (Wildman–Crippen LogP) is 4.36. The molecular formula is C27H20N4O5. The number of carbonyl (C=O) groups excluding carboxylic acids is 2. The molecule has 178 valence electrons. The molecule has 0 fully saturated rings. The largest absolute Gasteiger partial charge is 0.455 e. The van der Waals surface area contributed by atoms with E-state index < -0.39 is 11.6 Å². The molecule has 0 unspecified atom stereocenters. The van der Waals surface area contributed by atoms with Crippen molar-refractivity contribution < 1.29 is 18.7 Å². The maximum atomic E-state index is 12.9. The lowest BCUT2D eigenvalue weighted by molar-refractivity contribution is -0.114. The zero-order valence-electron chi connectivity index (χ0n) is 19.2. The zero-order valence-corrected chi connectivity index (χ0v) is 19.2. The van der Waals surface area contributed by atoms with Gasteiger partial charge in [0, 0.05) is 41.3 Å². The third kappa shape index (κ3) is 4.76. The summed E-state index contributed by atoms with van der Waals surface area (Å²) in [4.78, 5) is 40.8. The fraction of sp³-hybridized carbons (Fsp3) is 0.0741. The zero-order chi connectivity index (χ0) is 25.1. The monoisotopic (exact) mass is 480 g/mol. The van der Waals surface area contributed by atoms with Gasteiger partial charge in [0.2, 0.25) is 5.91 Å². The van der Waals surface area contributed by atoms with Crippen LogP contribution < -0.4 is 10.9 Å². The quantitative estimate of drug-likeness (QED) is 0.284. The minimum Gasteiger partial charge on any atom is -0.455 e. The summed E-state index contributed by atoms with van der Waals surface area (Å²) in [5.74, 6) is -0.611. The van der Waals surface area contributed by atoms with E-state index in [4.69, 9.17) is 9.15 Å². The molecule has 5 rings (SSSR count). The van der Waals surface area contributed by atoms with Crippen molar-refractivity contribution >= 4 is 28.5 Å². The highest BCUT2D eigenvalue weighted by atomic mass is 16.5. The number of benzene rings is 3. The molecule has 1 N–H and O–H groups in total. The SMILES string of the molecule is CC(=O)Nc1ccc2c(COC(=O)c3nc(-c4ccccc4)n(-c4ccccc4)n3)cc(=O)oc2c1. The Kier molecular flexibility index (Phi) is 6.10. The van der Waals surface area contributed by atoms with Crippen LogP contribution in [0.1, 0.15) is 23.1 Å². The number of nitrogens with one attached hydrogen (secondary N) is 1. The van der Waals surface area contributed by atoms with Crippen LogP contribution in [-0.4, -0.2) is 26.6 Å². The first-order valence-corrected chi connectivity index (χ1v) is 11.1. The molecule has 0 aliphatic heterocycles. The number of amides is 1. The van der Waals surface area contributed by atoms with Gasteiger partial charge in [0.15, 0.2) is 5.82 Å². The van der Waals surface area contributed by atoms with Crippen molar-refractivity contribution in [3.05, 3.63) is 107 Å². The van der Waals surface area contributed by atoms with E-state index >= 15 is 0 Å². The van der Waals surface area contributed by atoms with Gasteiger partial charge >= 0.3 is 11.6 Å². The van der Waals surface area contributed by atoms with Crippen LogP contribution in [0.3, 0.4) is 0 Å². The number of fused-ring (bicyclic) bond motifs is 1. The van der Waals surface area contributed by atoms with E-state index in [1.54, 1.807) is 22.9 Å². The number of para-hydroxylation sites is 1. The second-order valence-corrected chi connectivity index (χ2v) is 7.93. The molecule has 2 heterocycles. The maximum absolute atomic E-state index is 12.9. The molecule has 0 spiro atoms. The number of nitrogens with zero attached hydrogens (tertiary/aromatic N) is 3. The average molecular weight is 480 g/mol. The minimum absolute atomic E-state index is 0.113. The Bertz CT molecular complexity index is 1570. The molecule has 1 amide bonds. The molecule has 0 aliphatic carbocycles. The molecule has 9 heteroatoms. The van der Waals surface area contributed by atoms with Crippen LogP contribution in [0.2, 0.25) is 0 Å². The minimum atomic E-state index is -0.738. The number of aromatic nitrogens is 3. The summed E-state index contributed by atoms with van der Waals surface area (Å²) in [5, 5.41) is 7.61. The van der Waals surface area contributed by atoms with Gasteiger partial charge in [0.1, 0.15) is 12.2 Å². The standard InChI is InChI=1S/C27H20N4O5/c1-17(32)28-20-12-13-22-19(14-24(33)36-23(22)15-20)16-35-27(34)25-29-26(18-8-4-2-5-9-18)31(30-25)21-10-6-3-7-11-21/h2-15H,16H2,1H3,(H,28,32). The Morgan fingerprint density at radius 1 is 0.972 bits per heavy atom. The first-order chi connectivity index (χ1) is 17.5. The molecule has 0 bridgehead atoms. The Labute approximate surface area is 205 Å². The lowest BCUT2D eigenvalue weighted by atomic mass is 10.1. The second kappa shape index (κ2) is 9.67. The fourth-order valence-electron chi connectivity index (χ4n) is 3.76. The number of hydrogen-bond donors (Lipinski definition) is 1. The summed E-state index contributed by atoms with van der Waals surface area (Å²) in [6.45, 7) is 1.19. The molecule has 3 aromatic carbocycles. The van der Waals surface area contributed by atoms with Crippen molar-refractivity contribution in [3.63, 3.8) is 0 Å². The number of esters is 1. The molecule has 5 aromatic rings. The van der Waals surface area contributed by atoms with E-state index in [2.05, 4.69) is 15.4 Å². The number of ether oxygens (including phenoxy) is 1. The third-order valence-corrected chi connectivity index (χ3v) is 5.33. The smallest absolute Gasteiger partial charge is 0.378 e. The Hall–Kier alpha value is -5.05. The van der Waals surface area contributed by atoms with Crippen LogP contribution in [0.4, 0.5) is 5.69 Å². The summed E-state index contributed by atoms with van der Waals surface area (Å²) in [6, 6.07) is 24.9. The average Bonchev–Trinajstić information content (AvgIpc) is 3.33. The first kappa shape index (κ1) is 22.7. The molecule has 0 atom stereocenters.